The van der Waals surface area contributed by atoms with Gasteiger partial charge in [0.1, 0.15) is 5.75 Å². The van der Waals surface area contributed by atoms with Crippen molar-refractivity contribution in [1.82, 2.24) is 9.80 Å². The summed E-state index contributed by atoms with van der Waals surface area (Å²) >= 11 is 0. The number of morpholine rings is 1. The summed E-state index contributed by atoms with van der Waals surface area (Å²) in [7, 11) is 1.66. The molecule has 2 aromatic rings. The van der Waals surface area contributed by atoms with E-state index in [9.17, 15) is 4.79 Å². The van der Waals surface area contributed by atoms with Crippen LogP contribution < -0.4 is 14.2 Å². The molecule has 0 bridgehead atoms. The lowest BCUT2D eigenvalue weighted by atomic mass is 9.93. The first-order valence-electron chi connectivity index (χ1n) is 10.4. The molecular formula is C23H26N2O5. The van der Waals surface area contributed by atoms with Crippen molar-refractivity contribution in [3.63, 3.8) is 0 Å². The molecule has 0 saturated carbocycles. The number of amides is 2. The molecule has 0 N–H and O–H groups in total. The average Bonchev–Trinajstić information content (AvgIpc) is 3.46. The van der Waals surface area contributed by atoms with Gasteiger partial charge in [-0.05, 0) is 41.8 Å². The number of ether oxygens (including phenoxy) is 4. The minimum atomic E-state index is 0.0154. The number of hydrogen-bond acceptors (Lipinski definition) is 5. The zero-order valence-corrected chi connectivity index (χ0v) is 17.1. The van der Waals surface area contributed by atoms with Gasteiger partial charge in [0.05, 0.1) is 26.4 Å². The van der Waals surface area contributed by atoms with Crippen LogP contribution in [0.15, 0.2) is 42.5 Å². The zero-order valence-electron chi connectivity index (χ0n) is 17.1. The van der Waals surface area contributed by atoms with Crippen LogP contribution in [0.3, 0.4) is 0 Å². The largest absolute Gasteiger partial charge is 0.497 e. The summed E-state index contributed by atoms with van der Waals surface area (Å²) in [4.78, 5) is 17.3. The van der Waals surface area contributed by atoms with Gasteiger partial charge in [-0.1, -0.05) is 18.2 Å². The Morgan fingerprint density at radius 3 is 2.50 bits per heavy atom. The van der Waals surface area contributed by atoms with E-state index in [4.69, 9.17) is 18.9 Å². The quantitative estimate of drug-likeness (QED) is 0.776. The van der Waals surface area contributed by atoms with E-state index in [0.717, 1.165) is 29.2 Å². The standard InChI is InChI=1S/C23H26N2O5/c1-27-19-5-2-16(3-6-19)20-12-18(17-4-7-21-22(13-17)30-15-29-21)14-25(20)23(26)24-8-10-28-11-9-24/h2-7,13,18,20H,8-12,14-15H2,1H3/t18-,20+/m0/s1. The summed E-state index contributed by atoms with van der Waals surface area (Å²) < 4.78 is 21.8. The monoisotopic (exact) mass is 410 g/mol. The van der Waals surface area contributed by atoms with E-state index in [2.05, 4.69) is 24.3 Å². The average molecular weight is 410 g/mol. The van der Waals surface area contributed by atoms with Crippen molar-refractivity contribution >= 4 is 6.03 Å². The molecule has 30 heavy (non-hydrogen) atoms. The highest BCUT2D eigenvalue weighted by molar-refractivity contribution is 5.76. The molecule has 2 fully saturated rings. The lowest BCUT2D eigenvalue weighted by Crippen LogP contribution is -2.48. The summed E-state index contributed by atoms with van der Waals surface area (Å²) in [5.41, 5.74) is 2.30. The molecular weight excluding hydrogens is 384 g/mol. The lowest BCUT2D eigenvalue weighted by molar-refractivity contribution is 0.0421. The third-order valence-corrected chi connectivity index (χ3v) is 6.20. The Hall–Kier alpha value is -2.93. The van der Waals surface area contributed by atoms with Crippen molar-refractivity contribution in [2.45, 2.75) is 18.4 Å². The van der Waals surface area contributed by atoms with E-state index < -0.39 is 0 Å². The van der Waals surface area contributed by atoms with Gasteiger partial charge in [0.25, 0.3) is 0 Å². The fraction of sp³-hybridized carbons (Fsp3) is 0.435. The SMILES string of the molecule is COc1ccc([C@H]2C[C@H](c3ccc4c(c3)OCO4)CN2C(=O)N2CCOCC2)cc1. The molecule has 3 aliphatic rings. The molecule has 3 heterocycles. The molecule has 2 aromatic carbocycles. The molecule has 3 aliphatic heterocycles. The van der Waals surface area contributed by atoms with E-state index in [0.29, 0.717) is 32.8 Å². The normalized spacial score (nSPS) is 23.0. The van der Waals surface area contributed by atoms with E-state index >= 15 is 0 Å². The number of urea groups is 1. The van der Waals surface area contributed by atoms with Crippen molar-refractivity contribution in [1.29, 1.82) is 0 Å². The zero-order chi connectivity index (χ0) is 20.5. The second-order valence-electron chi connectivity index (χ2n) is 7.87. The van der Waals surface area contributed by atoms with Crippen molar-refractivity contribution in [2.75, 3.05) is 46.8 Å². The molecule has 0 unspecified atom stereocenters. The fourth-order valence-electron chi connectivity index (χ4n) is 4.53. The number of carbonyl (C=O) groups excluding carboxylic acids is 1. The Kier molecular flexibility index (Phi) is 5.12. The second kappa shape index (κ2) is 8.07. The number of benzene rings is 2. The van der Waals surface area contributed by atoms with Gasteiger partial charge in [0.15, 0.2) is 11.5 Å². The predicted molar refractivity (Wildman–Crippen MR) is 110 cm³/mol. The maximum atomic E-state index is 13.4. The highest BCUT2D eigenvalue weighted by Crippen LogP contribution is 2.44. The smallest absolute Gasteiger partial charge is 0.320 e. The molecule has 0 aliphatic carbocycles. The summed E-state index contributed by atoms with van der Waals surface area (Å²) in [6.45, 7) is 3.40. The Bertz CT molecular complexity index is 910. The number of nitrogens with zero attached hydrogens (tertiary/aromatic N) is 2. The van der Waals surface area contributed by atoms with Gasteiger partial charge in [-0.15, -0.1) is 0 Å². The van der Waals surface area contributed by atoms with Crippen LogP contribution in [-0.2, 0) is 4.74 Å². The van der Waals surface area contributed by atoms with Crippen molar-refractivity contribution < 1.29 is 23.7 Å². The molecule has 0 aromatic heterocycles. The third kappa shape index (κ3) is 3.54. The van der Waals surface area contributed by atoms with E-state index in [-0.39, 0.29) is 24.8 Å². The van der Waals surface area contributed by atoms with Gasteiger partial charge in [-0.2, -0.15) is 0 Å². The first kappa shape index (κ1) is 19.1. The molecule has 2 atom stereocenters. The van der Waals surface area contributed by atoms with Gasteiger partial charge in [-0.3, -0.25) is 0 Å². The van der Waals surface area contributed by atoms with E-state index in [1.165, 1.54) is 5.56 Å². The number of fused-ring (bicyclic) bond motifs is 1. The number of carbonyl (C=O) groups is 1. The molecule has 5 rings (SSSR count). The fourth-order valence-corrected chi connectivity index (χ4v) is 4.53. The lowest BCUT2D eigenvalue weighted by Gasteiger charge is -2.34. The minimum Gasteiger partial charge on any atom is -0.497 e. The highest BCUT2D eigenvalue weighted by Gasteiger charge is 2.39. The van der Waals surface area contributed by atoms with Crippen molar-refractivity contribution in [2.24, 2.45) is 0 Å². The number of hydrogen-bond donors (Lipinski definition) is 0. The first-order valence-corrected chi connectivity index (χ1v) is 10.4. The highest BCUT2D eigenvalue weighted by atomic mass is 16.7. The van der Waals surface area contributed by atoms with Gasteiger partial charge < -0.3 is 28.7 Å². The number of methoxy groups -OCH3 is 1. The van der Waals surface area contributed by atoms with E-state index in [1.807, 2.05) is 28.0 Å². The summed E-state index contributed by atoms with van der Waals surface area (Å²) in [5, 5.41) is 0. The molecule has 0 spiro atoms. The summed E-state index contributed by atoms with van der Waals surface area (Å²) in [5.74, 6) is 2.61. The summed E-state index contributed by atoms with van der Waals surface area (Å²) in [6, 6.07) is 14.3. The molecule has 7 heteroatoms. The van der Waals surface area contributed by atoms with Gasteiger partial charge in [-0.25, -0.2) is 4.79 Å². The summed E-state index contributed by atoms with van der Waals surface area (Å²) in [6.07, 6.45) is 0.863. The van der Waals surface area contributed by atoms with Gasteiger partial charge in [0.2, 0.25) is 6.79 Å². The predicted octanol–water partition coefficient (Wildman–Crippen LogP) is 3.41. The van der Waals surface area contributed by atoms with Crippen molar-refractivity contribution in [3.8, 4) is 17.2 Å². The molecule has 2 saturated heterocycles. The van der Waals surface area contributed by atoms with Crippen LogP contribution in [0.1, 0.15) is 29.5 Å². The van der Waals surface area contributed by atoms with Crippen LogP contribution >= 0.6 is 0 Å². The Morgan fingerprint density at radius 2 is 1.73 bits per heavy atom. The number of rotatable bonds is 3. The second-order valence-corrected chi connectivity index (χ2v) is 7.87. The number of likely N-dealkylation sites (tertiary alicyclic amines) is 1. The topological polar surface area (TPSA) is 60.5 Å². The first-order chi connectivity index (χ1) is 14.7. The van der Waals surface area contributed by atoms with Crippen LogP contribution in [-0.4, -0.2) is 62.6 Å². The van der Waals surface area contributed by atoms with Crippen LogP contribution in [0, 0.1) is 0 Å². The van der Waals surface area contributed by atoms with Crippen LogP contribution in [0.2, 0.25) is 0 Å². The molecule has 7 nitrogen and oxygen atoms in total. The maximum Gasteiger partial charge on any atom is 0.320 e. The van der Waals surface area contributed by atoms with E-state index in [1.54, 1.807) is 7.11 Å². The van der Waals surface area contributed by atoms with Crippen LogP contribution in [0.25, 0.3) is 0 Å². The minimum absolute atomic E-state index is 0.0154. The maximum absolute atomic E-state index is 13.4. The van der Waals surface area contributed by atoms with Crippen molar-refractivity contribution in [3.05, 3.63) is 53.6 Å². The Balaban J connectivity index is 1.43. The Morgan fingerprint density at radius 1 is 1.00 bits per heavy atom. The van der Waals surface area contributed by atoms with Crippen LogP contribution in [0.5, 0.6) is 17.2 Å². The van der Waals surface area contributed by atoms with Gasteiger partial charge in [0, 0.05) is 25.6 Å². The molecule has 2 amide bonds. The van der Waals surface area contributed by atoms with Gasteiger partial charge >= 0.3 is 6.03 Å². The Labute approximate surface area is 176 Å². The molecule has 158 valence electrons. The molecule has 0 radical (unpaired) electrons. The van der Waals surface area contributed by atoms with Crippen LogP contribution in [0.4, 0.5) is 4.79 Å². The third-order valence-electron chi connectivity index (χ3n) is 6.20.